The molecule has 0 aromatic heterocycles. The Morgan fingerprint density at radius 3 is 2.56 bits per heavy atom. The van der Waals surface area contributed by atoms with E-state index >= 15 is 0 Å². The zero-order valence-corrected chi connectivity index (χ0v) is 23.8. The third-order valence-corrected chi connectivity index (χ3v) is 12.2. The Balaban J connectivity index is 1.19. The Morgan fingerprint density at radius 2 is 1.81 bits per heavy atom. The molecular formula is C31H54N2O3. The van der Waals surface area contributed by atoms with E-state index < -0.39 is 0 Å². The molecule has 4 saturated carbocycles. The first-order chi connectivity index (χ1) is 17.1. The van der Waals surface area contributed by atoms with Gasteiger partial charge in [0, 0.05) is 25.6 Å². The van der Waals surface area contributed by atoms with E-state index in [-0.39, 0.29) is 5.91 Å². The minimum Gasteiger partial charge on any atom is -0.396 e. The van der Waals surface area contributed by atoms with Gasteiger partial charge in [-0.25, -0.2) is 0 Å². The van der Waals surface area contributed by atoms with Crippen molar-refractivity contribution in [2.45, 2.75) is 116 Å². The number of amides is 1. The minimum absolute atomic E-state index is 0.237. The molecule has 5 heteroatoms. The van der Waals surface area contributed by atoms with Crippen LogP contribution in [0.4, 0.5) is 0 Å². The van der Waals surface area contributed by atoms with Crippen molar-refractivity contribution in [3.8, 4) is 0 Å². The highest BCUT2D eigenvalue weighted by Crippen LogP contribution is 2.69. The van der Waals surface area contributed by atoms with Gasteiger partial charge in [-0.15, -0.1) is 0 Å². The molecule has 0 aromatic carbocycles. The zero-order valence-electron chi connectivity index (χ0n) is 23.8. The second-order valence-corrected chi connectivity index (χ2v) is 14.5. The third-order valence-electron chi connectivity index (χ3n) is 12.2. The molecule has 2 N–H and O–H groups in total. The monoisotopic (exact) mass is 502 g/mol. The number of aliphatic hydroxyl groups excluding tert-OH is 1. The lowest BCUT2D eigenvalue weighted by molar-refractivity contribution is -0.127. The van der Waals surface area contributed by atoms with Crippen LogP contribution in [0.3, 0.4) is 0 Å². The second kappa shape index (κ2) is 10.5. The Labute approximate surface area is 220 Å². The number of aliphatic hydroxyl groups is 1. The lowest BCUT2D eigenvalue weighted by Crippen LogP contribution is -2.55. The van der Waals surface area contributed by atoms with Crippen LogP contribution in [0.2, 0.25) is 0 Å². The van der Waals surface area contributed by atoms with Gasteiger partial charge in [-0.3, -0.25) is 4.79 Å². The van der Waals surface area contributed by atoms with Crippen molar-refractivity contribution in [3.63, 3.8) is 0 Å². The first-order valence-electron chi connectivity index (χ1n) is 15.3. The predicted molar refractivity (Wildman–Crippen MR) is 144 cm³/mol. The van der Waals surface area contributed by atoms with Crippen molar-refractivity contribution in [1.82, 2.24) is 10.2 Å². The highest BCUT2D eigenvalue weighted by Gasteiger charge is 2.64. The summed E-state index contributed by atoms with van der Waals surface area (Å²) in [7, 11) is 4.07. The summed E-state index contributed by atoms with van der Waals surface area (Å²) in [5, 5.41) is 12.8. The average molecular weight is 503 g/mol. The van der Waals surface area contributed by atoms with Crippen molar-refractivity contribution in [2.24, 2.45) is 46.3 Å². The van der Waals surface area contributed by atoms with Gasteiger partial charge in [0.2, 0.25) is 5.91 Å². The smallest absolute Gasteiger partial charge is 0.221 e. The largest absolute Gasteiger partial charge is 0.396 e. The van der Waals surface area contributed by atoms with Crippen LogP contribution in [-0.4, -0.2) is 61.4 Å². The average Bonchev–Trinajstić information content (AvgIpc) is 3.38. The van der Waals surface area contributed by atoms with Gasteiger partial charge >= 0.3 is 0 Å². The summed E-state index contributed by atoms with van der Waals surface area (Å²) in [6.45, 7) is 8.54. The van der Waals surface area contributed by atoms with E-state index in [0.29, 0.717) is 48.0 Å². The van der Waals surface area contributed by atoms with E-state index in [1.54, 1.807) is 0 Å². The van der Waals surface area contributed by atoms with Crippen LogP contribution < -0.4 is 5.32 Å². The molecule has 11 atom stereocenters. The van der Waals surface area contributed by atoms with Gasteiger partial charge in [0.15, 0.2) is 0 Å². The summed E-state index contributed by atoms with van der Waals surface area (Å²) in [6, 6.07) is 0.382. The van der Waals surface area contributed by atoms with Gasteiger partial charge in [0.05, 0.1) is 12.2 Å². The number of carbonyl (C=O) groups is 1. The predicted octanol–water partition coefficient (Wildman–Crippen LogP) is 5.26. The SMILES string of the molecule is C[C@H](CO)CC[C@@H]1C[C@H]2C(CC3[C@@H]4CC[C@@H]5C[C@H](NC(=O)CCN(C)C)CC[C@]5(C)C4CC[C@@]32C)O1. The standard InChI is InChI=1S/C31H54N2O3/c1-20(19-34)6-8-23-17-27-28(36-23)18-26-24-9-7-21-16-22(32-29(35)12-15-33(4)5)10-13-30(21,2)25(24)11-14-31(26,27)3/h20-28,34H,6-19H2,1-5H3,(H,32,35)/t20-,21+,22+,23+,24+,25?,26?,27-,28?,30-,31-/m0/s1. The van der Waals surface area contributed by atoms with E-state index in [2.05, 4.69) is 31.0 Å². The number of nitrogens with zero attached hydrogens (tertiary/aromatic N) is 1. The summed E-state index contributed by atoms with van der Waals surface area (Å²) < 4.78 is 6.71. The first kappa shape index (κ1) is 26.9. The van der Waals surface area contributed by atoms with Crippen molar-refractivity contribution in [3.05, 3.63) is 0 Å². The maximum atomic E-state index is 12.5. The molecule has 5 rings (SSSR count). The van der Waals surface area contributed by atoms with Crippen LogP contribution in [0, 0.1) is 46.3 Å². The molecule has 0 spiro atoms. The van der Waals surface area contributed by atoms with E-state index in [1.165, 1.54) is 51.4 Å². The number of fused-ring (bicyclic) bond motifs is 7. The molecule has 206 valence electrons. The van der Waals surface area contributed by atoms with Crippen molar-refractivity contribution >= 4 is 5.91 Å². The summed E-state index contributed by atoms with van der Waals surface area (Å²) in [5.41, 5.74) is 0.917. The van der Waals surface area contributed by atoms with E-state index in [0.717, 1.165) is 55.4 Å². The van der Waals surface area contributed by atoms with Crippen LogP contribution in [0.5, 0.6) is 0 Å². The van der Waals surface area contributed by atoms with E-state index in [1.807, 2.05) is 14.1 Å². The summed E-state index contributed by atoms with van der Waals surface area (Å²) in [6.07, 6.45) is 15.4. The summed E-state index contributed by atoms with van der Waals surface area (Å²) >= 11 is 0. The third kappa shape index (κ3) is 4.91. The number of hydrogen-bond donors (Lipinski definition) is 2. The fourth-order valence-electron chi connectivity index (χ4n) is 10.0. The van der Waals surface area contributed by atoms with Gasteiger partial charge in [0.25, 0.3) is 0 Å². The molecule has 4 aliphatic carbocycles. The minimum atomic E-state index is 0.237. The van der Waals surface area contributed by atoms with Gasteiger partial charge < -0.3 is 20.1 Å². The van der Waals surface area contributed by atoms with Crippen LogP contribution >= 0.6 is 0 Å². The molecule has 5 fully saturated rings. The molecule has 1 heterocycles. The van der Waals surface area contributed by atoms with Crippen LogP contribution in [0.25, 0.3) is 0 Å². The maximum absolute atomic E-state index is 12.5. The van der Waals surface area contributed by atoms with Crippen LogP contribution in [0.15, 0.2) is 0 Å². The van der Waals surface area contributed by atoms with Crippen LogP contribution in [-0.2, 0) is 9.53 Å². The summed E-state index contributed by atoms with van der Waals surface area (Å²) in [5.74, 6) is 4.72. The number of hydrogen-bond acceptors (Lipinski definition) is 4. The Kier molecular flexibility index (Phi) is 7.85. The molecule has 36 heavy (non-hydrogen) atoms. The molecule has 5 nitrogen and oxygen atoms in total. The van der Waals surface area contributed by atoms with Gasteiger partial charge in [0.1, 0.15) is 0 Å². The van der Waals surface area contributed by atoms with Crippen LogP contribution in [0.1, 0.15) is 97.8 Å². The number of carbonyl (C=O) groups excluding carboxylic acids is 1. The lowest BCUT2D eigenvalue weighted by atomic mass is 9.44. The lowest BCUT2D eigenvalue weighted by Gasteiger charge is -2.61. The Morgan fingerprint density at radius 1 is 1.03 bits per heavy atom. The topological polar surface area (TPSA) is 61.8 Å². The Bertz CT molecular complexity index is 788. The molecule has 1 saturated heterocycles. The summed E-state index contributed by atoms with van der Waals surface area (Å²) in [4.78, 5) is 14.6. The van der Waals surface area contributed by atoms with Gasteiger partial charge in [-0.1, -0.05) is 20.8 Å². The molecule has 0 radical (unpaired) electrons. The van der Waals surface area contributed by atoms with E-state index in [9.17, 15) is 9.90 Å². The number of ether oxygens (including phenoxy) is 1. The van der Waals surface area contributed by atoms with E-state index in [4.69, 9.17) is 4.74 Å². The molecule has 3 unspecified atom stereocenters. The highest BCUT2D eigenvalue weighted by molar-refractivity contribution is 5.76. The molecule has 5 aliphatic rings. The highest BCUT2D eigenvalue weighted by atomic mass is 16.5. The van der Waals surface area contributed by atoms with Gasteiger partial charge in [-0.2, -0.15) is 0 Å². The first-order valence-corrected chi connectivity index (χ1v) is 15.3. The molecule has 1 aliphatic heterocycles. The van der Waals surface area contributed by atoms with Crippen molar-refractivity contribution in [1.29, 1.82) is 0 Å². The number of rotatable bonds is 8. The second-order valence-electron chi connectivity index (χ2n) is 14.5. The normalized spacial score (nSPS) is 46.5. The van der Waals surface area contributed by atoms with Crippen molar-refractivity contribution in [2.75, 3.05) is 27.2 Å². The Hall–Kier alpha value is -0.650. The quantitative estimate of drug-likeness (QED) is 0.475. The molecular weight excluding hydrogens is 448 g/mol. The number of nitrogens with one attached hydrogen (secondary N) is 1. The molecule has 0 aromatic rings. The molecule has 0 bridgehead atoms. The zero-order chi connectivity index (χ0) is 25.7. The van der Waals surface area contributed by atoms with Crippen molar-refractivity contribution < 1.29 is 14.6 Å². The maximum Gasteiger partial charge on any atom is 0.221 e. The van der Waals surface area contributed by atoms with Gasteiger partial charge in [-0.05, 0) is 131 Å². The molecule has 1 amide bonds. The fraction of sp³-hybridized carbons (Fsp3) is 0.968. The fourth-order valence-corrected chi connectivity index (χ4v) is 10.0.